The van der Waals surface area contributed by atoms with Crippen LogP contribution in [0.2, 0.25) is 5.02 Å². The van der Waals surface area contributed by atoms with Gasteiger partial charge < -0.3 is 10.5 Å². The average molecular weight is 307 g/mol. The molecule has 2 rings (SSSR count). The van der Waals surface area contributed by atoms with E-state index in [4.69, 9.17) is 22.1 Å². The SMILES string of the molecule is NCCCc1cc([N+](=O)[O-])ccc1Oc1ccc(Cl)cc1. The number of rotatable bonds is 6. The first-order valence-electron chi connectivity index (χ1n) is 6.51. The van der Waals surface area contributed by atoms with E-state index in [1.165, 1.54) is 12.1 Å². The molecule has 2 aromatic rings. The maximum atomic E-state index is 10.9. The molecular formula is C15H15ClN2O3. The zero-order valence-electron chi connectivity index (χ0n) is 11.3. The number of aryl methyl sites for hydroxylation is 1. The molecule has 0 aliphatic carbocycles. The molecule has 0 heterocycles. The van der Waals surface area contributed by atoms with Crippen molar-refractivity contribution >= 4 is 17.3 Å². The summed E-state index contributed by atoms with van der Waals surface area (Å²) in [6.07, 6.45) is 1.36. The number of non-ortho nitro benzene ring substituents is 1. The topological polar surface area (TPSA) is 78.4 Å². The second kappa shape index (κ2) is 7.06. The van der Waals surface area contributed by atoms with Gasteiger partial charge in [-0.05, 0) is 49.7 Å². The molecule has 0 aromatic heterocycles. The summed E-state index contributed by atoms with van der Waals surface area (Å²) in [6, 6.07) is 11.5. The molecule has 0 saturated heterocycles. The van der Waals surface area contributed by atoms with E-state index in [9.17, 15) is 10.1 Å². The molecule has 0 saturated carbocycles. The number of benzene rings is 2. The minimum absolute atomic E-state index is 0.0467. The van der Waals surface area contributed by atoms with Crippen molar-refractivity contribution in [2.24, 2.45) is 5.73 Å². The van der Waals surface area contributed by atoms with E-state index in [1.54, 1.807) is 30.3 Å². The first-order chi connectivity index (χ1) is 10.1. The summed E-state index contributed by atoms with van der Waals surface area (Å²) in [5, 5.41) is 11.5. The predicted molar refractivity (Wildman–Crippen MR) is 82.0 cm³/mol. The Labute approximate surface area is 127 Å². The van der Waals surface area contributed by atoms with Gasteiger partial charge in [0.25, 0.3) is 5.69 Å². The molecule has 2 aromatic carbocycles. The molecule has 5 nitrogen and oxygen atoms in total. The first-order valence-corrected chi connectivity index (χ1v) is 6.89. The largest absolute Gasteiger partial charge is 0.457 e. The Morgan fingerprint density at radius 1 is 1.19 bits per heavy atom. The number of ether oxygens (including phenoxy) is 1. The van der Waals surface area contributed by atoms with E-state index in [-0.39, 0.29) is 5.69 Å². The van der Waals surface area contributed by atoms with Crippen molar-refractivity contribution in [1.29, 1.82) is 0 Å². The molecule has 2 N–H and O–H groups in total. The molecule has 0 amide bonds. The lowest BCUT2D eigenvalue weighted by Crippen LogP contribution is -2.02. The number of nitro benzene ring substituents is 1. The third-order valence-corrected chi connectivity index (χ3v) is 3.20. The van der Waals surface area contributed by atoms with Crippen LogP contribution in [-0.4, -0.2) is 11.5 Å². The summed E-state index contributed by atoms with van der Waals surface area (Å²) in [6.45, 7) is 0.517. The number of nitrogens with two attached hydrogens (primary N) is 1. The Kier molecular flexibility index (Phi) is 5.14. The van der Waals surface area contributed by atoms with Gasteiger partial charge in [0.2, 0.25) is 0 Å². The fourth-order valence-electron chi connectivity index (χ4n) is 1.90. The zero-order valence-corrected chi connectivity index (χ0v) is 12.0. The Morgan fingerprint density at radius 2 is 1.90 bits per heavy atom. The smallest absolute Gasteiger partial charge is 0.269 e. The summed E-state index contributed by atoms with van der Waals surface area (Å²) >= 11 is 5.83. The lowest BCUT2D eigenvalue weighted by molar-refractivity contribution is -0.384. The summed E-state index contributed by atoms with van der Waals surface area (Å²) in [5.74, 6) is 1.22. The van der Waals surface area contributed by atoms with E-state index in [1.807, 2.05) is 0 Å². The van der Waals surface area contributed by atoms with Crippen LogP contribution in [0.3, 0.4) is 0 Å². The van der Waals surface area contributed by atoms with Crippen molar-refractivity contribution < 1.29 is 9.66 Å². The van der Waals surface area contributed by atoms with E-state index in [0.717, 1.165) is 12.0 Å². The maximum Gasteiger partial charge on any atom is 0.269 e. The quantitative estimate of drug-likeness (QED) is 0.648. The highest BCUT2D eigenvalue weighted by molar-refractivity contribution is 6.30. The van der Waals surface area contributed by atoms with Crippen molar-refractivity contribution in [2.45, 2.75) is 12.8 Å². The molecule has 0 atom stereocenters. The minimum Gasteiger partial charge on any atom is -0.457 e. The van der Waals surface area contributed by atoms with E-state index in [0.29, 0.717) is 29.5 Å². The molecule has 0 bridgehead atoms. The first kappa shape index (κ1) is 15.3. The molecule has 21 heavy (non-hydrogen) atoms. The van der Waals surface area contributed by atoms with Gasteiger partial charge in [-0.15, -0.1) is 0 Å². The van der Waals surface area contributed by atoms with Crippen molar-refractivity contribution in [2.75, 3.05) is 6.54 Å². The number of nitrogens with zero attached hydrogens (tertiary/aromatic N) is 1. The molecule has 6 heteroatoms. The second-order valence-electron chi connectivity index (χ2n) is 4.50. The third-order valence-electron chi connectivity index (χ3n) is 2.95. The fourth-order valence-corrected chi connectivity index (χ4v) is 2.02. The average Bonchev–Trinajstić information content (AvgIpc) is 2.48. The van der Waals surface area contributed by atoms with E-state index >= 15 is 0 Å². The van der Waals surface area contributed by atoms with Gasteiger partial charge in [0.05, 0.1) is 4.92 Å². The van der Waals surface area contributed by atoms with Crippen LogP contribution in [0.1, 0.15) is 12.0 Å². The number of hydrogen-bond donors (Lipinski definition) is 1. The lowest BCUT2D eigenvalue weighted by atomic mass is 10.1. The van der Waals surface area contributed by atoms with Crippen LogP contribution in [-0.2, 0) is 6.42 Å². The molecular weight excluding hydrogens is 292 g/mol. The summed E-state index contributed by atoms with van der Waals surface area (Å²) in [4.78, 5) is 10.4. The maximum absolute atomic E-state index is 10.9. The summed E-state index contributed by atoms with van der Waals surface area (Å²) in [5.41, 5.74) is 6.32. The van der Waals surface area contributed by atoms with Crippen molar-refractivity contribution in [3.8, 4) is 11.5 Å². The normalized spacial score (nSPS) is 10.4. The van der Waals surface area contributed by atoms with Crippen molar-refractivity contribution in [1.82, 2.24) is 0 Å². The van der Waals surface area contributed by atoms with Crippen LogP contribution in [0, 0.1) is 10.1 Å². The number of nitro groups is 1. The van der Waals surface area contributed by atoms with Gasteiger partial charge in [-0.2, -0.15) is 0 Å². The van der Waals surface area contributed by atoms with Crippen LogP contribution in [0.4, 0.5) is 5.69 Å². The standard InChI is InChI=1S/C15H15ClN2O3/c16-12-3-6-14(7-4-12)21-15-8-5-13(18(19)20)10-11(15)2-1-9-17/h3-8,10H,1-2,9,17H2. The Balaban J connectivity index is 2.28. The Morgan fingerprint density at radius 3 is 2.52 bits per heavy atom. The van der Waals surface area contributed by atoms with Gasteiger partial charge in [0.15, 0.2) is 0 Å². The van der Waals surface area contributed by atoms with E-state index in [2.05, 4.69) is 0 Å². The minimum atomic E-state index is -0.419. The van der Waals surface area contributed by atoms with Crippen molar-refractivity contribution in [3.63, 3.8) is 0 Å². The molecule has 0 spiro atoms. The van der Waals surface area contributed by atoms with E-state index < -0.39 is 4.92 Å². The monoisotopic (exact) mass is 306 g/mol. The highest BCUT2D eigenvalue weighted by Crippen LogP contribution is 2.30. The summed E-state index contributed by atoms with van der Waals surface area (Å²) < 4.78 is 5.77. The fraction of sp³-hybridized carbons (Fsp3) is 0.200. The second-order valence-corrected chi connectivity index (χ2v) is 4.93. The van der Waals surface area contributed by atoms with Crippen LogP contribution in [0.25, 0.3) is 0 Å². The third kappa shape index (κ3) is 4.18. The van der Waals surface area contributed by atoms with Gasteiger partial charge in [0, 0.05) is 22.7 Å². The van der Waals surface area contributed by atoms with Crippen molar-refractivity contribution in [3.05, 3.63) is 63.2 Å². The lowest BCUT2D eigenvalue weighted by Gasteiger charge is -2.11. The van der Waals surface area contributed by atoms with Crippen LogP contribution < -0.4 is 10.5 Å². The highest BCUT2D eigenvalue weighted by atomic mass is 35.5. The Hall–Kier alpha value is -2.11. The molecule has 0 aliphatic heterocycles. The zero-order chi connectivity index (χ0) is 15.2. The van der Waals surface area contributed by atoms with Crippen LogP contribution >= 0.6 is 11.6 Å². The molecule has 110 valence electrons. The van der Waals surface area contributed by atoms with Gasteiger partial charge in [0.1, 0.15) is 11.5 Å². The Bertz CT molecular complexity index is 629. The molecule has 0 aliphatic rings. The van der Waals surface area contributed by atoms with Crippen LogP contribution in [0.15, 0.2) is 42.5 Å². The van der Waals surface area contributed by atoms with Gasteiger partial charge in [-0.25, -0.2) is 0 Å². The van der Waals surface area contributed by atoms with Crippen LogP contribution in [0.5, 0.6) is 11.5 Å². The van der Waals surface area contributed by atoms with Gasteiger partial charge >= 0.3 is 0 Å². The highest BCUT2D eigenvalue weighted by Gasteiger charge is 2.12. The molecule has 0 unspecified atom stereocenters. The molecule has 0 fully saturated rings. The predicted octanol–water partition coefficient (Wildman–Crippen LogP) is 3.93. The van der Waals surface area contributed by atoms with Gasteiger partial charge in [-0.1, -0.05) is 11.6 Å². The number of hydrogen-bond acceptors (Lipinski definition) is 4. The van der Waals surface area contributed by atoms with Gasteiger partial charge in [-0.3, -0.25) is 10.1 Å². The summed E-state index contributed by atoms with van der Waals surface area (Å²) in [7, 11) is 0. The molecule has 0 radical (unpaired) electrons. The number of halogens is 1.